The van der Waals surface area contributed by atoms with E-state index in [2.05, 4.69) is 10.1 Å². The molecule has 0 atom stereocenters. The van der Waals surface area contributed by atoms with E-state index < -0.39 is 5.54 Å². The Labute approximate surface area is 143 Å². The van der Waals surface area contributed by atoms with E-state index in [1.807, 2.05) is 18.7 Å². The predicted octanol–water partition coefficient (Wildman–Crippen LogP) is 1.27. The van der Waals surface area contributed by atoms with Gasteiger partial charge in [-0.1, -0.05) is 5.16 Å². The van der Waals surface area contributed by atoms with Crippen molar-refractivity contribution in [2.45, 2.75) is 38.8 Å². The molecule has 1 aromatic rings. The predicted molar refractivity (Wildman–Crippen MR) is 88.5 cm³/mol. The summed E-state index contributed by atoms with van der Waals surface area (Å²) in [5, 5.41) is 3.98. The number of halogens is 2. The van der Waals surface area contributed by atoms with Gasteiger partial charge in [-0.05, 0) is 26.7 Å². The summed E-state index contributed by atoms with van der Waals surface area (Å²) >= 11 is 0. The van der Waals surface area contributed by atoms with Crippen molar-refractivity contribution < 1.29 is 9.32 Å². The molecule has 1 saturated heterocycles. The summed E-state index contributed by atoms with van der Waals surface area (Å²) < 4.78 is 5.19. The lowest BCUT2D eigenvalue weighted by Crippen LogP contribution is -2.53. The molecule has 126 valence electrons. The van der Waals surface area contributed by atoms with Crippen molar-refractivity contribution in [3.8, 4) is 0 Å². The average Bonchev–Trinajstić information content (AvgIpc) is 3.13. The summed E-state index contributed by atoms with van der Waals surface area (Å²) in [6.07, 6.45) is 1.68. The second kappa shape index (κ2) is 7.17. The third-order valence-electron chi connectivity index (χ3n) is 4.44. The van der Waals surface area contributed by atoms with Crippen LogP contribution in [0.25, 0.3) is 0 Å². The fourth-order valence-corrected chi connectivity index (χ4v) is 2.72. The standard InChI is InChI=1S/C14H22N4O2.2ClH/c1-10-12(11(2)20-16-10)9-17-5-7-18(8-6-17)13(19)14(15)3-4-14;;/h3-9,15H2,1-2H3;2*1H. The maximum Gasteiger partial charge on any atom is 0.242 e. The van der Waals surface area contributed by atoms with Crippen molar-refractivity contribution in [3.05, 3.63) is 17.0 Å². The van der Waals surface area contributed by atoms with Gasteiger partial charge in [0.15, 0.2) is 0 Å². The molecule has 2 heterocycles. The quantitative estimate of drug-likeness (QED) is 0.888. The van der Waals surface area contributed by atoms with Crippen molar-refractivity contribution >= 4 is 30.7 Å². The second-order valence-electron chi connectivity index (χ2n) is 6.03. The van der Waals surface area contributed by atoms with E-state index in [1.165, 1.54) is 5.56 Å². The molecule has 3 rings (SSSR count). The lowest BCUT2D eigenvalue weighted by molar-refractivity contribution is -0.135. The molecule has 0 unspecified atom stereocenters. The molecule has 1 aromatic heterocycles. The summed E-state index contributed by atoms with van der Waals surface area (Å²) in [6.45, 7) is 8.05. The van der Waals surface area contributed by atoms with Crippen LogP contribution in [0.15, 0.2) is 4.52 Å². The minimum Gasteiger partial charge on any atom is -0.361 e. The van der Waals surface area contributed by atoms with Crippen LogP contribution in [0.4, 0.5) is 0 Å². The first kappa shape index (κ1) is 19.2. The number of amides is 1. The maximum absolute atomic E-state index is 12.2. The van der Waals surface area contributed by atoms with Crippen molar-refractivity contribution in [3.63, 3.8) is 0 Å². The number of hydrogen-bond donors (Lipinski definition) is 1. The molecule has 0 bridgehead atoms. The van der Waals surface area contributed by atoms with Crippen LogP contribution in [0.3, 0.4) is 0 Å². The van der Waals surface area contributed by atoms with Crippen LogP contribution in [0.2, 0.25) is 0 Å². The average molecular weight is 351 g/mol. The number of piperazine rings is 1. The number of nitrogens with two attached hydrogens (primary N) is 1. The summed E-state index contributed by atoms with van der Waals surface area (Å²) in [5.41, 5.74) is 7.57. The molecule has 2 aliphatic rings. The fourth-order valence-electron chi connectivity index (χ4n) is 2.72. The van der Waals surface area contributed by atoms with E-state index in [9.17, 15) is 4.79 Å². The van der Waals surface area contributed by atoms with E-state index >= 15 is 0 Å². The zero-order valence-electron chi connectivity index (χ0n) is 13.0. The summed E-state index contributed by atoms with van der Waals surface area (Å²) in [5.74, 6) is 1.02. The Bertz CT molecular complexity index is 503. The van der Waals surface area contributed by atoms with Crippen molar-refractivity contribution in [1.29, 1.82) is 0 Å². The van der Waals surface area contributed by atoms with Crippen LogP contribution in [0.1, 0.15) is 29.9 Å². The van der Waals surface area contributed by atoms with Crippen LogP contribution < -0.4 is 5.73 Å². The lowest BCUT2D eigenvalue weighted by atomic mass is 10.1. The molecule has 2 N–H and O–H groups in total. The number of aryl methyl sites for hydroxylation is 2. The monoisotopic (exact) mass is 350 g/mol. The van der Waals surface area contributed by atoms with Crippen molar-refractivity contribution in [2.75, 3.05) is 26.2 Å². The second-order valence-corrected chi connectivity index (χ2v) is 6.03. The molecule has 22 heavy (non-hydrogen) atoms. The molecule has 1 amide bonds. The number of carbonyl (C=O) groups excluding carboxylic acids is 1. The van der Waals surface area contributed by atoms with Gasteiger partial charge in [0.2, 0.25) is 5.91 Å². The minimum atomic E-state index is -0.538. The highest BCUT2D eigenvalue weighted by Gasteiger charge is 2.48. The third kappa shape index (κ3) is 3.74. The lowest BCUT2D eigenvalue weighted by Gasteiger charge is -2.35. The zero-order chi connectivity index (χ0) is 14.3. The molecule has 0 spiro atoms. The first-order valence-electron chi connectivity index (χ1n) is 7.22. The van der Waals surface area contributed by atoms with Crippen LogP contribution >= 0.6 is 24.8 Å². The highest BCUT2D eigenvalue weighted by atomic mass is 35.5. The van der Waals surface area contributed by atoms with Crippen LogP contribution in [0.5, 0.6) is 0 Å². The Morgan fingerprint density at radius 3 is 2.27 bits per heavy atom. The topological polar surface area (TPSA) is 75.6 Å². The first-order valence-corrected chi connectivity index (χ1v) is 7.22. The van der Waals surface area contributed by atoms with Gasteiger partial charge in [0.1, 0.15) is 5.76 Å². The molecular weight excluding hydrogens is 327 g/mol. The van der Waals surface area contributed by atoms with Gasteiger partial charge in [0.25, 0.3) is 0 Å². The largest absolute Gasteiger partial charge is 0.361 e. The van der Waals surface area contributed by atoms with Gasteiger partial charge in [-0.3, -0.25) is 9.69 Å². The molecule has 6 nitrogen and oxygen atoms in total. The van der Waals surface area contributed by atoms with Gasteiger partial charge < -0.3 is 15.2 Å². The maximum atomic E-state index is 12.2. The number of nitrogens with zero attached hydrogens (tertiary/aromatic N) is 3. The normalized spacial score (nSPS) is 20.0. The number of rotatable bonds is 3. The van der Waals surface area contributed by atoms with E-state index in [-0.39, 0.29) is 30.7 Å². The smallest absolute Gasteiger partial charge is 0.242 e. The van der Waals surface area contributed by atoms with Gasteiger partial charge >= 0.3 is 0 Å². The number of aromatic nitrogens is 1. The highest BCUT2D eigenvalue weighted by Crippen LogP contribution is 2.34. The zero-order valence-corrected chi connectivity index (χ0v) is 14.6. The molecule has 1 aliphatic heterocycles. The molecular formula is C14H24Cl2N4O2. The number of hydrogen-bond acceptors (Lipinski definition) is 5. The third-order valence-corrected chi connectivity index (χ3v) is 4.44. The van der Waals surface area contributed by atoms with E-state index in [0.717, 1.165) is 57.0 Å². The fraction of sp³-hybridized carbons (Fsp3) is 0.714. The molecule has 1 saturated carbocycles. The SMILES string of the molecule is Cc1noc(C)c1CN1CCN(C(=O)C2(N)CC2)CC1.Cl.Cl. The molecule has 1 aliphatic carbocycles. The van der Waals surface area contributed by atoms with Gasteiger partial charge in [-0.2, -0.15) is 0 Å². The Balaban J connectivity index is 0.00000121. The Kier molecular flexibility index (Phi) is 6.27. The Morgan fingerprint density at radius 1 is 1.23 bits per heavy atom. The van der Waals surface area contributed by atoms with Gasteiger partial charge in [-0.15, -0.1) is 24.8 Å². The van der Waals surface area contributed by atoms with Crippen LogP contribution in [-0.4, -0.2) is 52.6 Å². The summed E-state index contributed by atoms with van der Waals surface area (Å²) in [7, 11) is 0. The molecule has 8 heteroatoms. The molecule has 0 radical (unpaired) electrons. The Morgan fingerprint density at radius 2 is 1.82 bits per heavy atom. The van der Waals surface area contributed by atoms with E-state index in [4.69, 9.17) is 10.3 Å². The Hall–Kier alpha value is -0.820. The van der Waals surface area contributed by atoms with E-state index in [1.54, 1.807) is 0 Å². The van der Waals surface area contributed by atoms with Crippen LogP contribution in [-0.2, 0) is 11.3 Å². The highest BCUT2D eigenvalue weighted by molar-refractivity contribution is 5.89. The van der Waals surface area contributed by atoms with E-state index in [0.29, 0.717) is 0 Å². The van der Waals surface area contributed by atoms with Crippen molar-refractivity contribution in [1.82, 2.24) is 15.0 Å². The van der Waals surface area contributed by atoms with Gasteiger partial charge in [0, 0.05) is 38.3 Å². The number of carbonyl (C=O) groups is 1. The molecule has 0 aromatic carbocycles. The summed E-state index contributed by atoms with van der Waals surface area (Å²) in [4.78, 5) is 16.4. The van der Waals surface area contributed by atoms with Gasteiger partial charge in [0.05, 0.1) is 11.2 Å². The van der Waals surface area contributed by atoms with Crippen LogP contribution in [0, 0.1) is 13.8 Å². The molecule has 2 fully saturated rings. The first-order chi connectivity index (χ1) is 9.49. The minimum absolute atomic E-state index is 0. The summed E-state index contributed by atoms with van der Waals surface area (Å²) in [6, 6.07) is 0. The van der Waals surface area contributed by atoms with Gasteiger partial charge in [-0.25, -0.2) is 0 Å². The van der Waals surface area contributed by atoms with Crippen molar-refractivity contribution in [2.24, 2.45) is 5.73 Å².